The van der Waals surface area contributed by atoms with E-state index in [4.69, 9.17) is 4.74 Å². The van der Waals surface area contributed by atoms with Gasteiger partial charge in [-0.1, -0.05) is 35.4 Å². The zero-order valence-electron chi connectivity index (χ0n) is 14.6. The van der Waals surface area contributed by atoms with Gasteiger partial charge in [0.15, 0.2) is 5.71 Å². The number of esters is 1. The van der Waals surface area contributed by atoms with Crippen molar-refractivity contribution in [3.63, 3.8) is 0 Å². The molecular weight excluding hydrogens is 316 g/mol. The quantitative estimate of drug-likeness (QED) is 0.458. The van der Waals surface area contributed by atoms with Crippen LogP contribution < -0.4 is 10.9 Å². The van der Waals surface area contributed by atoms with Gasteiger partial charge < -0.3 is 4.74 Å². The summed E-state index contributed by atoms with van der Waals surface area (Å²) in [5, 5.41) is 8.14. The number of rotatable bonds is 7. The SMILES string of the molecule is CCOC(=O)C(/C=N/Nc1ccc(C)cc1)=N\Nc1ccc(C)cc1. The first-order valence-corrected chi connectivity index (χ1v) is 8.01. The number of carbonyl (C=O) groups excluding carboxylic acids is 1. The summed E-state index contributed by atoms with van der Waals surface area (Å²) in [6.07, 6.45) is 1.33. The van der Waals surface area contributed by atoms with Crippen molar-refractivity contribution < 1.29 is 9.53 Å². The first-order valence-electron chi connectivity index (χ1n) is 8.01. The Bertz CT molecular complexity index is 750. The van der Waals surface area contributed by atoms with Crippen molar-refractivity contribution in [1.82, 2.24) is 0 Å². The molecular formula is C19H22N4O2. The molecule has 0 aliphatic heterocycles. The third-order valence-electron chi connectivity index (χ3n) is 3.27. The highest BCUT2D eigenvalue weighted by Gasteiger charge is 2.10. The molecule has 0 aliphatic carbocycles. The Hall–Kier alpha value is -3.15. The standard InChI is InChI=1S/C19H22N4O2/c1-4-25-19(24)18(23-22-17-11-7-15(3)8-12-17)13-20-21-16-9-5-14(2)6-10-16/h5-13,21-22H,4H2,1-3H3/b20-13+,23-18-. The van der Waals surface area contributed by atoms with Crippen molar-refractivity contribution >= 4 is 29.3 Å². The van der Waals surface area contributed by atoms with E-state index in [0.717, 1.165) is 22.5 Å². The molecule has 6 nitrogen and oxygen atoms in total. The van der Waals surface area contributed by atoms with Gasteiger partial charge in [0.1, 0.15) is 0 Å². The molecule has 25 heavy (non-hydrogen) atoms. The second kappa shape index (κ2) is 9.22. The Morgan fingerprint density at radius 2 is 1.48 bits per heavy atom. The van der Waals surface area contributed by atoms with Crippen molar-refractivity contribution in [3.8, 4) is 0 Å². The molecule has 2 aromatic rings. The summed E-state index contributed by atoms with van der Waals surface area (Å²) in [5.74, 6) is -0.545. The fraction of sp³-hybridized carbons (Fsp3) is 0.211. The maximum absolute atomic E-state index is 12.0. The summed E-state index contributed by atoms with van der Waals surface area (Å²) in [6.45, 7) is 6.02. The van der Waals surface area contributed by atoms with Crippen molar-refractivity contribution in [2.45, 2.75) is 20.8 Å². The minimum absolute atomic E-state index is 0.0713. The van der Waals surface area contributed by atoms with Gasteiger partial charge in [-0.2, -0.15) is 10.2 Å². The highest BCUT2D eigenvalue weighted by atomic mass is 16.5. The predicted octanol–water partition coefficient (Wildman–Crippen LogP) is 3.73. The van der Waals surface area contributed by atoms with E-state index in [-0.39, 0.29) is 12.3 Å². The van der Waals surface area contributed by atoms with Crippen LogP contribution in [0.2, 0.25) is 0 Å². The van der Waals surface area contributed by atoms with Gasteiger partial charge in [-0.05, 0) is 45.0 Å². The highest BCUT2D eigenvalue weighted by Crippen LogP contribution is 2.09. The average molecular weight is 338 g/mol. The topological polar surface area (TPSA) is 75.1 Å². The Balaban J connectivity index is 2.07. The summed E-state index contributed by atoms with van der Waals surface area (Å²) in [7, 11) is 0. The minimum Gasteiger partial charge on any atom is -0.461 e. The number of hydrazone groups is 2. The van der Waals surface area contributed by atoms with E-state index in [0.29, 0.717) is 0 Å². The van der Waals surface area contributed by atoms with Crippen LogP contribution in [-0.2, 0) is 9.53 Å². The van der Waals surface area contributed by atoms with Crippen LogP contribution in [0.1, 0.15) is 18.1 Å². The summed E-state index contributed by atoms with van der Waals surface area (Å²) in [4.78, 5) is 12.0. The van der Waals surface area contributed by atoms with Gasteiger partial charge in [0.05, 0.1) is 24.2 Å². The second-order valence-electron chi connectivity index (χ2n) is 5.43. The van der Waals surface area contributed by atoms with Crippen molar-refractivity contribution in [2.75, 3.05) is 17.5 Å². The number of aryl methyl sites for hydroxylation is 2. The Morgan fingerprint density at radius 1 is 0.960 bits per heavy atom. The monoisotopic (exact) mass is 338 g/mol. The van der Waals surface area contributed by atoms with Gasteiger partial charge in [0.2, 0.25) is 0 Å². The van der Waals surface area contributed by atoms with Crippen LogP contribution in [0.15, 0.2) is 58.7 Å². The van der Waals surface area contributed by atoms with Crippen LogP contribution in [0.3, 0.4) is 0 Å². The first-order chi connectivity index (χ1) is 12.1. The van der Waals surface area contributed by atoms with Gasteiger partial charge in [0, 0.05) is 0 Å². The largest absolute Gasteiger partial charge is 0.461 e. The molecule has 0 unspecified atom stereocenters. The van der Waals surface area contributed by atoms with Crippen molar-refractivity contribution in [2.24, 2.45) is 10.2 Å². The van der Waals surface area contributed by atoms with E-state index in [2.05, 4.69) is 21.1 Å². The summed E-state index contributed by atoms with van der Waals surface area (Å²) < 4.78 is 5.00. The number of nitrogens with one attached hydrogen (secondary N) is 2. The maximum Gasteiger partial charge on any atom is 0.360 e. The van der Waals surface area contributed by atoms with E-state index in [9.17, 15) is 4.79 Å². The number of carbonyl (C=O) groups is 1. The number of benzene rings is 2. The molecule has 0 radical (unpaired) electrons. The predicted molar refractivity (Wildman–Crippen MR) is 102 cm³/mol. The second-order valence-corrected chi connectivity index (χ2v) is 5.43. The van der Waals surface area contributed by atoms with Crippen LogP contribution in [-0.4, -0.2) is 24.5 Å². The molecule has 0 fully saturated rings. The van der Waals surface area contributed by atoms with Gasteiger partial charge in [0.25, 0.3) is 0 Å². The summed E-state index contributed by atoms with van der Waals surface area (Å²) in [6, 6.07) is 15.4. The lowest BCUT2D eigenvalue weighted by atomic mass is 10.2. The molecule has 6 heteroatoms. The normalized spacial score (nSPS) is 11.4. The molecule has 0 atom stereocenters. The molecule has 2 aromatic carbocycles. The molecule has 2 N–H and O–H groups in total. The maximum atomic E-state index is 12.0. The van der Waals surface area contributed by atoms with Gasteiger partial charge in [-0.3, -0.25) is 10.9 Å². The average Bonchev–Trinajstić information content (AvgIpc) is 2.61. The molecule has 130 valence electrons. The highest BCUT2D eigenvalue weighted by molar-refractivity contribution is 6.59. The lowest BCUT2D eigenvalue weighted by Gasteiger charge is -2.05. The van der Waals surface area contributed by atoms with Crippen LogP contribution in [0.5, 0.6) is 0 Å². The van der Waals surface area contributed by atoms with Crippen LogP contribution >= 0.6 is 0 Å². The van der Waals surface area contributed by atoms with E-state index in [1.807, 2.05) is 62.4 Å². The Kier molecular flexibility index (Phi) is 6.71. The Labute approximate surface area is 147 Å². The summed E-state index contributed by atoms with van der Waals surface area (Å²) >= 11 is 0. The third-order valence-corrected chi connectivity index (χ3v) is 3.27. The number of ether oxygens (including phenoxy) is 1. The molecule has 0 aromatic heterocycles. The van der Waals surface area contributed by atoms with Gasteiger partial charge in [-0.15, -0.1) is 0 Å². The number of hydrogen-bond acceptors (Lipinski definition) is 6. The van der Waals surface area contributed by atoms with E-state index < -0.39 is 5.97 Å². The van der Waals surface area contributed by atoms with Crippen LogP contribution in [0.4, 0.5) is 11.4 Å². The van der Waals surface area contributed by atoms with E-state index >= 15 is 0 Å². The number of hydrogen-bond donors (Lipinski definition) is 2. The fourth-order valence-electron chi connectivity index (χ4n) is 1.88. The molecule has 0 heterocycles. The van der Waals surface area contributed by atoms with Crippen molar-refractivity contribution in [1.29, 1.82) is 0 Å². The smallest absolute Gasteiger partial charge is 0.360 e. The number of nitrogens with zero attached hydrogens (tertiary/aromatic N) is 2. The number of anilines is 2. The molecule has 0 aliphatic rings. The zero-order chi connectivity index (χ0) is 18.1. The zero-order valence-corrected chi connectivity index (χ0v) is 14.6. The lowest BCUT2D eigenvalue weighted by Crippen LogP contribution is -2.20. The molecule has 0 spiro atoms. The minimum atomic E-state index is -0.545. The molecule has 0 saturated carbocycles. The van der Waals surface area contributed by atoms with Crippen LogP contribution in [0.25, 0.3) is 0 Å². The summed E-state index contributed by atoms with van der Waals surface area (Å²) in [5.41, 5.74) is 9.65. The van der Waals surface area contributed by atoms with Gasteiger partial charge in [-0.25, -0.2) is 4.79 Å². The van der Waals surface area contributed by atoms with E-state index in [1.54, 1.807) is 6.92 Å². The Morgan fingerprint density at radius 3 is 2.00 bits per heavy atom. The molecule has 0 bridgehead atoms. The molecule has 0 amide bonds. The molecule has 2 rings (SSSR count). The lowest BCUT2D eigenvalue weighted by molar-refractivity contribution is -0.134. The van der Waals surface area contributed by atoms with E-state index in [1.165, 1.54) is 6.21 Å². The van der Waals surface area contributed by atoms with Gasteiger partial charge >= 0.3 is 5.97 Å². The van der Waals surface area contributed by atoms with Crippen LogP contribution in [0, 0.1) is 13.8 Å². The fourth-order valence-corrected chi connectivity index (χ4v) is 1.88. The first kappa shape index (κ1) is 18.2. The molecule has 0 saturated heterocycles. The van der Waals surface area contributed by atoms with Crippen molar-refractivity contribution in [3.05, 3.63) is 59.7 Å². The third kappa shape index (κ3) is 6.10.